The molecule has 1 aromatic rings. The lowest BCUT2D eigenvalue weighted by molar-refractivity contribution is 0.163. The lowest BCUT2D eigenvalue weighted by Crippen LogP contribution is -2.36. The molecule has 4 N–H and O–H groups in total. The average molecular weight is 272 g/mol. The van der Waals surface area contributed by atoms with Gasteiger partial charge in [-0.05, 0) is 24.6 Å². The Morgan fingerprint density at radius 2 is 2.00 bits per heavy atom. The number of sulfonamides is 1. The van der Waals surface area contributed by atoms with Crippen LogP contribution in [0.2, 0.25) is 0 Å². The molecular weight excluding hydrogens is 252 g/mol. The Bertz CT molecular complexity index is 524. The molecule has 0 bridgehead atoms. The van der Waals surface area contributed by atoms with Crippen LogP contribution in [-0.2, 0) is 10.0 Å². The standard InChI is InChI=1S/C12H20N2O3S/c1-9-4-5-10(13)6-11(9)18(16,17)14-7-12(2,3)8-15/h4-6,14-15H,7-8,13H2,1-3H3. The van der Waals surface area contributed by atoms with Gasteiger partial charge in [-0.3, -0.25) is 0 Å². The van der Waals surface area contributed by atoms with Crippen LogP contribution in [-0.4, -0.2) is 26.7 Å². The number of aryl methyl sites for hydroxylation is 1. The quantitative estimate of drug-likeness (QED) is 0.694. The van der Waals surface area contributed by atoms with E-state index in [0.717, 1.165) is 0 Å². The van der Waals surface area contributed by atoms with Gasteiger partial charge in [0.15, 0.2) is 0 Å². The predicted octanol–water partition coefficient (Wildman–Crippen LogP) is 0.874. The highest BCUT2D eigenvalue weighted by Crippen LogP contribution is 2.19. The van der Waals surface area contributed by atoms with Crippen molar-refractivity contribution in [1.29, 1.82) is 0 Å². The highest BCUT2D eigenvalue weighted by molar-refractivity contribution is 7.89. The third-order valence-corrected chi connectivity index (χ3v) is 4.21. The maximum atomic E-state index is 12.1. The summed E-state index contributed by atoms with van der Waals surface area (Å²) in [6.07, 6.45) is 0. The number of hydrogen-bond donors (Lipinski definition) is 3. The van der Waals surface area contributed by atoms with Crippen molar-refractivity contribution in [1.82, 2.24) is 4.72 Å². The summed E-state index contributed by atoms with van der Waals surface area (Å²) in [4.78, 5) is 0.177. The Balaban J connectivity index is 2.97. The molecule has 0 aliphatic heterocycles. The fraction of sp³-hybridized carbons (Fsp3) is 0.500. The highest BCUT2D eigenvalue weighted by Gasteiger charge is 2.22. The predicted molar refractivity (Wildman–Crippen MR) is 71.6 cm³/mol. The summed E-state index contributed by atoms with van der Waals surface area (Å²) in [7, 11) is -3.60. The van der Waals surface area contributed by atoms with Crippen molar-refractivity contribution in [2.24, 2.45) is 5.41 Å². The highest BCUT2D eigenvalue weighted by atomic mass is 32.2. The first-order chi connectivity index (χ1) is 8.18. The molecule has 0 aromatic heterocycles. The summed E-state index contributed by atoms with van der Waals surface area (Å²) in [6, 6.07) is 4.76. The summed E-state index contributed by atoms with van der Waals surface area (Å²) in [5, 5.41) is 9.11. The van der Waals surface area contributed by atoms with E-state index in [9.17, 15) is 8.42 Å². The lowest BCUT2D eigenvalue weighted by atomic mass is 9.96. The van der Waals surface area contributed by atoms with Gasteiger partial charge in [0.2, 0.25) is 10.0 Å². The minimum atomic E-state index is -3.60. The summed E-state index contributed by atoms with van der Waals surface area (Å²) in [5.41, 5.74) is 6.14. The molecule has 0 fully saturated rings. The molecule has 0 aliphatic rings. The first kappa shape index (κ1) is 14.9. The van der Waals surface area contributed by atoms with Gasteiger partial charge in [-0.2, -0.15) is 0 Å². The van der Waals surface area contributed by atoms with Crippen molar-refractivity contribution in [3.8, 4) is 0 Å². The minimum absolute atomic E-state index is 0.0918. The van der Waals surface area contributed by atoms with E-state index < -0.39 is 15.4 Å². The molecule has 0 spiro atoms. The smallest absolute Gasteiger partial charge is 0.240 e. The van der Waals surface area contributed by atoms with Gasteiger partial charge in [0.1, 0.15) is 0 Å². The van der Waals surface area contributed by atoms with E-state index in [4.69, 9.17) is 10.8 Å². The average Bonchev–Trinajstić information content (AvgIpc) is 2.30. The van der Waals surface area contributed by atoms with E-state index in [2.05, 4.69) is 4.72 Å². The second kappa shape index (κ2) is 5.26. The molecular formula is C12H20N2O3S. The van der Waals surface area contributed by atoms with Crippen molar-refractivity contribution in [2.45, 2.75) is 25.7 Å². The normalized spacial score (nSPS) is 12.7. The van der Waals surface area contributed by atoms with Crippen LogP contribution in [0.1, 0.15) is 19.4 Å². The number of anilines is 1. The molecule has 0 heterocycles. The molecule has 0 saturated carbocycles. The third-order valence-electron chi connectivity index (χ3n) is 2.67. The molecule has 0 radical (unpaired) electrons. The van der Waals surface area contributed by atoms with Crippen LogP contribution in [0.3, 0.4) is 0 Å². The summed E-state index contributed by atoms with van der Waals surface area (Å²) >= 11 is 0. The Morgan fingerprint density at radius 3 is 2.56 bits per heavy atom. The van der Waals surface area contributed by atoms with Gasteiger partial charge in [-0.25, -0.2) is 13.1 Å². The number of nitrogens with two attached hydrogens (primary N) is 1. The maximum absolute atomic E-state index is 12.1. The molecule has 18 heavy (non-hydrogen) atoms. The third kappa shape index (κ3) is 3.69. The van der Waals surface area contributed by atoms with Gasteiger partial charge < -0.3 is 10.8 Å². The number of nitrogens with one attached hydrogen (secondary N) is 1. The minimum Gasteiger partial charge on any atom is -0.399 e. The van der Waals surface area contributed by atoms with E-state index >= 15 is 0 Å². The van der Waals surface area contributed by atoms with E-state index in [0.29, 0.717) is 11.3 Å². The van der Waals surface area contributed by atoms with Crippen molar-refractivity contribution < 1.29 is 13.5 Å². The Hall–Kier alpha value is -1.11. The zero-order valence-electron chi connectivity index (χ0n) is 10.9. The molecule has 5 nitrogen and oxygen atoms in total. The lowest BCUT2D eigenvalue weighted by Gasteiger charge is -2.22. The van der Waals surface area contributed by atoms with Crippen molar-refractivity contribution in [3.63, 3.8) is 0 Å². The second-order valence-electron chi connectivity index (χ2n) is 5.17. The molecule has 0 amide bonds. The zero-order valence-corrected chi connectivity index (χ0v) is 11.7. The van der Waals surface area contributed by atoms with Crippen LogP contribution < -0.4 is 10.5 Å². The molecule has 0 aliphatic carbocycles. The van der Waals surface area contributed by atoms with E-state index in [-0.39, 0.29) is 18.0 Å². The molecule has 0 atom stereocenters. The molecule has 102 valence electrons. The van der Waals surface area contributed by atoms with Gasteiger partial charge >= 0.3 is 0 Å². The zero-order chi connectivity index (χ0) is 14.0. The number of aliphatic hydroxyl groups is 1. The van der Waals surface area contributed by atoms with Gasteiger partial charge in [0.25, 0.3) is 0 Å². The molecule has 1 rings (SSSR count). The summed E-state index contributed by atoms with van der Waals surface area (Å²) < 4.78 is 26.7. The molecule has 1 aromatic carbocycles. The van der Waals surface area contributed by atoms with Crippen LogP contribution >= 0.6 is 0 Å². The second-order valence-corrected chi connectivity index (χ2v) is 6.91. The van der Waals surface area contributed by atoms with E-state index in [1.54, 1.807) is 32.9 Å². The number of rotatable bonds is 5. The molecule has 6 heteroatoms. The maximum Gasteiger partial charge on any atom is 0.240 e. The van der Waals surface area contributed by atoms with E-state index in [1.807, 2.05) is 0 Å². The molecule has 0 saturated heterocycles. The van der Waals surface area contributed by atoms with Gasteiger partial charge in [-0.1, -0.05) is 19.9 Å². The first-order valence-corrected chi connectivity index (χ1v) is 7.13. The van der Waals surface area contributed by atoms with Crippen molar-refractivity contribution in [2.75, 3.05) is 18.9 Å². The number of aliphatic hydroxyl groups excluding tert-OH is 1. The largest absolute Gasteiger partial charge is 0.399 e. The first-order valence-electron chi connectivity index (χ1n) is 5.65. The Morgan fingerprint density at radius 1 is 1.39 bits per heavy atom. The number of benzene rings is 1. The van der Waals surface area contributed by atoms with Gasteiger partial charge in [0.05, 0.1) is 4.90 Å². The van der Waals surface area contributed by atoms with Gasteiger partial charge in [-0.15, -0.1) is 0 Å². The summed E-state index contributed by atoms with van der Waals surface area (Å²) in [6.45, 7) is 5.35. The van der Waals surface area contributed by atoms with Crippen LogP contribution in [0.25, 0.3) is 0 Å². The number of hydrogen-bond acceptors (Lipinski definition) is 4. The Kier molecular flexibility index (Phi) is 4.37. The van der Waals surface area contributed by atoms with Gasteiger partial charge in [0, 0.05) is 24.3 Å². The van der Waals surface area contributed by atoms with Crippen molar-refractivity contribution in [3.05, 3.63) is 23.8 Å². The van der Waals surface area contributed by atoms with Crippen LogP contribution in [0.4, 0.5) is 5.69 Å². The fourth-order valence-corrected chi connectivity index (χ4v) is 2.85. The topological polar surface area (TPSA) is 92.4 Å². The van der Waals surface area contributed by atoms with Crippen LogP contribution in [0.5, 0.6) is 0 Å². The van der Waals surface area contributed by atoms with Crippen LogP contribution in [0, 0.1) is 12.3 Å². The monoisotopic (exact) mass is 272 g/mol. The van der Waals surface area contributed by atoms with Crippen molar-refractivity contribution >= 4 is 15.7 Å². The Labute approximate surface area is 108 Å². The van der Waals surface area contributed by atoms with E-state index in [1.165, 1.54) is 6.07 Å². The fourth-order valence-electron chi connectivity index (χ4n) is 1.33. The summed E-state index contributed by atoms with van der Waals surface area (Å²) in [5.74, 6) is 0. The van der Waals surface area contributed by atoms with Crippen LogP contribution in [0.15, 0.2) is 23.1 Å². The molecule has 0 unspecified atom stereocenters. The SMILES string of the molecule is Cc1ccc(N)cc1S(=O)(=O)NCC(C)(C)CO. The number of nitrogen functional groups attached to an aromatic ring is 1.